The van der Waals surface area contributed by atoms with E-state index in [-0.39, 0.29) is 36.9 Å². The molecule has 4 nitrogen and oxygen atoms in total. The summed E-state index contributed by atoms with van der Waals surface area (Å²) >= 11 is 0. The van der Waals surface area contributed by atoms with Gasteiger partial charge in [0.25, 0.3) is 0 Å². The van der Waals surface area contributed by atoms with E-state index < -0.39 is 17.6 Å². The first-order valence-electron chi connectivity index (χ1n) is 6.42. The monoisotopic (exact) mass is 283 g/mol. The van der Waals surface area contributed by atoms with Crippen LogP contribution in [0.4, 0.5) is 8.78 Å². The number of halogens is 2. The predicted octanol–water partition coefficient (Wildman–Crippen LogP) is 1.97. The Bertz CT molecular complexity index is 529. The molecule has 20 heavy (non-hydrogen) atoms. The van der Waals surface area contributed by atoms with Gasteiger partial charge >= 0.3 is 5.97 Å². The number of hydrogen-bond donors (Lipinski definition) is 1. The summed E-state index contributed by atoms with van der Waals surface area (Å²) in [4.78, 5) is 24.0. The number of carboxylic acid groups (broad SMARTS) is 1. The molecule has 6 heteroatoms. The molecule has 0 aromatic heterocycles. The lowest BCUT2D eigenvalue weighted by molar-refractivity contribution is -0.144. The summed E-state index contributed by atoms with van der Waals surface area (Å²) < 4.78 is 26.4. The number of hydrogen-bond acceptors (Lipinski definition) is 2. The molecule has 1 aliphatic rings. The number of carbonyl (C=O) groups excluding carboxylic acids is 1. The van der Waals surface area contributed by atoms with Crippen LogP contribution in [0.1, 0.15) is 24.8 Å². The summed E-state index contributed by atoms with van der Waals surface area (Å²) in [5, 5.41) is 8.77. The van der Waals surface area contributed by atoms with Crippen molar-refractivity contribution in [3.05, 3.63) is 35.4 Å². The fraction of sp³-hybridized carbons (Fsp3) is 0.429. The summed E-state index contributed by atoms with van der Waals surface area (Å²) in [6.07, 6.45) is 1.64. The Morgan fingerprint density at radius 2 is 2.00 bits per heavy atom. The highest BCUT2D eigenvalue weighted by Crippen LogP contribution is 2.27. The predicted molar refractivity (Wildman–Crippen MR) is 67.0 cm³/mol. The number of aliphatic carboxylic acids is 1. The third-order valence-electron chi connectivity index (χ3n) is 3.23. The van der Waals surface area contributed by atoms with Gasteiger partial charge in [-0.1, -0.05) is 0 Å². The lowest BCUT2D eigenvalue weighted by Gasteiger charge is -2.20. The van der Waals surface area contributed by atoms with E-state index in [4.69, 9.17) is 5.11 Å². The van der Waals surface area contributed by atoms with E-state index in [2.05, 4.69) is 0 Å². The number of amides is 1. The first-order valence-corrected chi connectivity index (χ1v) is 6.42. The van der Waals surface area contributed by atoms with Crippen molar-refractivity contribution in [2.24, 2.45) is 0 Å². The Balaban J connectivity index is 1.96. The van der Waals surface area contributed by atoms with Crippen LogP contribution in [0.15, 0.2) is 18.2 Å². The van der Waals surface area contributed by atoms with E-state index in [1.165, 1.54) is 4.90 Å². The minimum atomic E-state index is -1.07. The molecule has 1 aromatic carbocycles. The molecule has 0 saturated heterocycles. The second kappa shape index (κ2) is 5.98. The minimum absolute atomic E-state index is 0.0176. The second-order valence-corrected chi connectivity index (χ2v) is 4.88. The van der Waals surface area contributed by atoms with E-state index in [9.17, 15) is 18.4 Å². The molecule has 0 spiro atoms. The Hall–Kier alpha value is -1.98. The van der Waals surface area contributed by atoms with Gasteiger partial charge in [-0.25, -0.2) is 8.78 Å². The van der Waals surface area contributed by atoms with Gasteiger partial charge in [-0.2, -0.15) is 0 Å². The van der Waals surface area contributed by atoms with Crippen molar-refractivity contribution in [2.75, 3.05) is 6.54 Å². The fourth-order valence-electron chi connectivity index (χ4n) is 2.07. The standard InChI is InChI=1S/C14H15F2NO3/c15-10-2-5-12(16)9(7-10)1-6-13(18)17(8-14(19)20)11-3-4-11/h2,5,7,11H,1,3-4,6,8H2,(H,19,20). The third kappa shape index (κ3) is 3.76. The van der Waals surface area contributed by atoms with Gasteiger partial charge < -0.3 is 10.0 Å². The second-order valence-electron chi connectivity index (χ2n) is 4.88. The van der Waals surface area contributed by atoms with Crippen LogP contribution in [-0.4, -0.2) is 34.5 Å². The van der Waals surface area contributed by atoms with Crippen LogP contribution in [0, 0.1) is 11.6 Å². The number of carbonyl (C=O) groups is 2. The maximum absolute atomic E-state index is 13.4. The maximum Gasteiger partial charge on any atom is 0.323 e. The van der Waals surface area contributed by atoms with Gasteiger partial charge in [0.2, 0.25) is 5.91 Å². The molecule has 0 atom stereocenters. The molecule has 0 heterocycles. The van der Waals surface area contributed by atoms with Gasteiger partial charge in [0, 0.05) is 12.5 Å². The average Bonchev–Trinajstić information content (AvgIpc) is 3.20. The number of benzene rings is 1. The molecule has 1 aliphatic carbocycles. The Morgan fingerprint density at radius 1 is 1.30 bits per heavy atom. The normalized spacial score (nSPS) is 14.1. The molecular formula is C14H15F2NO3. The summed E-state index contributed by atoms with van der Waals surface area (Å²) in [5.41, 5.74) is 0.129. The van der Waals surface area contributed by atoms with Gasteiger partial charge in [0.05, 0.1) is 0 Å². The summed E-state index contributed by atoms with van der Waals surface area (Å²) in [6, 6.07) is 3.07. The van der Waals surface area contributed by atoms with E-state index >= 15 is 0 Å². The zero-order chi connectivity index (χ0) is 14.7. The number of aryl methyl sites for hydroxylation is 1. The number of rotatable bonds is 6. The third-order valence-corrected chi connectivity index (χ3v) is 3.23. The van der Waals surface area contributed by atoms with Crippen LogP contribution in [0.5, 0.6) is 0 Å². The molecule has 0 radical (unpaired) electrons. The molecule has 2 rings (SSSR count). The lowest BCUT2D eigenvalue weighted by Crippen LogP contribution is -2.37. The highest BCUT2D eigenvalue weighted by molar-refractivity contribution is 5.82. The molecular weight excluding hydrogens is 268 g/mol. The van der Waals surface area contributed by atoms with Crippen LogP contribution < -0.4 is 0 Å². The Kier molecular flexibility index (Phi) is 4.32. The molecule has 0 unspecified atom stereocenters. The van der Waals surface area contributed by atoms with E-state index in [0.717, 1.165) is 31.0 Å². The molecule has 108 valence electrons. The Morgan fingerprint density at radius 3 is 2.60 bits per heavy atom. The van der Waals surface area contributed by atoms with E-state index in [1.54, 1.807) is 0 Å². The van der Waals surface area contributed by atoms with Crippen LogP contribution in [0.2, 0.25) is 0 Å². The lowest BCUT2D eigenvalue weighted by atomic mass is 10.1. The highest BCUT2D eigenvalue weighted by atomic mass is 19.1. The zero-order valence-corrected chi connectivity index (χ0v) is 10.8. The maximum atomic E-state index is 13.4. The van der Waals surface area contributed by atoms with Gasteiger partial charge in [-0.3, -0.25) is 9.59 Å². The van der Waals surface area contributed by atoms with Crippen LogP contribution in [0.25, 0.3) is 0 Å². The van der Waals surface area contributed by atoms with E-state index in [0.29, 0.717) is 0 Å². The fourth-order valence-corrected chi connectivity index (χ4v) is 2.07. The quantitative estimate of drug-likeness (QED) is 0.868. The van der Waals surface area contributed by atoms with Crippen LogP contribution >= 0.6 is 0 Å². The van der Waals surface area contributed by atoms with Gasteiger partial charge in [-0.05, 0) is 43.0 Å². The molecule has 0 aliphatic heterocycles. The largest absolute Gasteiger partial charge is 0.480 e. The Labute approximate surface area is 115 Å². The molecule has 1 N–H and O–H groups in total. The molecule has 1 saturated carbocycles. The number of carboxylic acids is 1. The summed E-state index contributed by atoms with van der Waals surface area (Å²) in [6.45, 7) is -0.338. The molecule has 0 bridgehead atoms. The van der Waals surface area contributed by atoms with Crippen LogP contribution in [0.3, 0.4) is 0 Å². The average molecular weight is 283 g/mol. The van der Waals surface area contributed by atoms with Crippen molar-refractivity contribution >= 4 is 11.9 Å². The summed E-state index contributed by atoms with van der Waals surface area (Å²) in [7, 11) is 0. The van der Waals surface area contributed by atoms with Crippen molar-refractivity contribution < 1.29 is 23.5 Å². The molecule has 1 fully saturated rings. The SMILES string of the molecule is O=C(O)CN(C(=O)CCc1cc(F)ccc1F)C1CC1. The molecule has 1 amide bonds. The summed E-state index contributed by atoms with van der Waals surface area (Å²) in [5.74, 6) is -2.52. The van der Waals surface area contributed by atoms with Crippen molar-refractivity contribution in [3.8, 4) is 0 Å². The van der Waals surface area contributed by atoms with Gasteiger partial charge in [0.15, 0.2) is 0 Å². The smallest absolute Gasteiger partial charge is 0.323 e. The van der Waals surface area contributed by atoms with Crippen molar-refractivity contribution in [1.82, 2.24) is 4.90 Å². The van der Waals surface area contributed by atoms with Crippen molar-refractivity contribution in [3.63, 3.8) is 0 Å². The first-order chi connectivity index (χ1) is 9.47. The minimum Gasteiger partial charge on any atom is -0.480 e. The van der Waals surface area contributed by atoms with Crippen molar-refractivity contribution in [1.29, 1.82) is 0 Å². The van der Waals surface area contributed by atoms with Gasteiger partial charge in [-0.15, -0.1) is 0 Å². The van der Waals surface area contributed by atoms with Crippen LogP contribution in [-0.2, 0) is 16.0 Å². The first kappa shape index (κ1) is 14.4. The molecule has 1 aromatic rings. The van der Waals surface area contributed by atoms with Gasteiger partial charge in [0.1, 0.15) is 18.2 Å². The topological polar surface area (TPSA) is 57.6 Å². The highest BCUT2D eigenvalue weighted by Gasteiger charge is 2.33. The number of nitrogens with zero attached hydrogens (tertiary/aromatic N) is 1. The van der Waals surface area contributed by atoms with Crippen molar-refractivity contribution in [2.45, 2.75) is 31.7 Å². The zero-order valence-electron chi connectivity index (χ0n) is 10.8. The van der Waals surface area contributed by atoms with E-state index in [1.807, 2.05) is 0 Å².